The van der Waals surface area contributed by atoms with Gasteiger partial charge < -0.3 is 15.3 Å². The lowest BCUT2D eigenvalue weighted by Gasteiger charge is -2.32. The van der Waals surface area contributed by atoms with Crippen LogP contribution in [0.3, 0.4) is 0 Å². The van der Waals surface area contributed by atoms with Gasteiger partial charge in [-0.1, -0.05) is 6.92 Å². The second-order valence-corrected chi connectivity index (χ2v) is 6.05. The Morgan fingerprint density at radius 2 is 2.00 bits per heavy atom. The molecule has 0 atom stereocenters. The number of nitrogens with one attached hydrogen (secondary N) is 1. The van der Waals surface area contributed by atoms with E-state index in [1.807, 2.05) is 31.5 Å². The minimum atomic E-state index is 0.339. The number of hydrogen-bond acceptors (Lipinski definition) is 5. The Kier molecular flexibility index (Phi) is 4.76. The van der Waals surface area contributed by atoms with Crippen LogP contribution in [0.2, 0.25) is 0 Å². The van der Waals surface area contributed by atoms with Crippen molar-refractivity contribution in [1.29, 1.82) is 0 Å². The highest BCUT2D eigenvalue weighted by Gasteiger charge is 2.19. The van der Waals surface area contributed by atoms with E-state index in [0.717, 1.165) is 55.0 Å². The Bertz CT molecular complexity index is 651. The third-order valence-electron chi connectivity index (χ3n) is 4.61. The van der Waals surface area contributed by atoms with Crippen molar-refractivity contribution in [2.75, 3.05) is 25.0 Å². The number of aryl methyl sites for hydroxylation is 1. The molecule has 2 heterocycles. The van der Waals surface area contributed by atoms with E-state index in [1.54, 1.807) is 6.07 Å². The van der Waals surface area contributed by atoms with Gasteiger partial charge in [0, 0.05) is 18.7 Å². The van der Waals surface area contributed by atoms with E-state index in [0.29, 0.717) is 11.8 Å². The van der Waals surface area contributed by atoms with Gasteiger partial charge in [-0.2, -0.15) is 0 Å². The van der Waals surface area contributed by atoms with E-state index < -0.39 is 0 Å². The van der Waals surface area contributed by atoms with Crippen molar-refractivity contribution in [2.45, 2.75) is 32.2 Å². The van der Waals surface area contributed by atoms with Crippen LogP contribution in [0.15, 0.2) is 30.6 Å². The molecular weight excluding hydrogens is 288 g/mol. The van der Waals surface area contributed by atoms with E-state index >= 15 is 0 Å². The van der Waals surface area contributed by atoms with Crippen LogP contribution in [0.5, 0.6) is 5.75 Å². The number of aromatic hydroxyl groups is 1. The van der Waals surface area contributed by atoms with E-state index in [4.69, 9.17) is 0 Å². The molecule has 122 valence electrons. The molecule has 0 unspecified atom stereocenters. The fourth-order valence-corrected chi connectivity index (χ4v) is 3.06. The first-order valence-electron chi connectivity index (χ1n) is 8.27. The third-order valence-corrected chi connectivity index (χ3v) is 4.61. The first kappa shape index (κ1) is 15.7. The highest BCUT2D eigenvalue weighted by atomic mass is 16.3. The molecule has 1 saturated heterocycles. The average Bonchev–Trinajstić information content (AvgIpc) is 2.62. The molecule has 0 saturated carbocycles. The number of phenolic OH excluding ortho intramolecular Hbond substituents is 1. The number of aromatic nitrogens is 2. The molecule has 1 aromatic heterocycles. The Morgan fingerprint density at radius 3 is 2.65 bits per heavy atom. The molecule has 5 nitrogen and oxygen atoms in total. The summed E-state index contributed by atoms with van der Waals surface area (Å²) < 4.78 is 0. The summed E-state index contributed by atoms with van der Waals surface area (Å²) in [6, 6.07) is 6.12. The van der Waals surface area contributed by atoms with Crippen LogP contribution in [-0.4, -0.2) is 41.3 Å². The van der Waals surface area contributed by atoms with Crippen LogP contribution < -0.4 is 10.2 Å². The van der Waals surface area contributed by atoms with Crippen molar-refractivity contribution >= 4 is 5.82 Å². The van der Waals surface area contributed by atoms with Crippen LogP contribution in [-0.2, 0) is 6.42 Å². The van der Waals surface area contributed by atoms with Gasteiger partial charge in [0.25, 0.3) is 0 Å². The lowest BCUT2D eigenvalue weighted by Crippen LogP contribution is -2.41. The largest absolute Gasteiger partial charge is 0.508 e. The zero-order valence-electron chi connectivity index (χ0n) is 13.8. The topological polar surface area (TPSA) is 61.3 Å². The SMILES string of the molecule is CCc1cc(-c2cnc(N(C)C3CCNCC3)cn2)ccc1O. The van der Waals surface area contributed by atoms with Crippen molar-refractivity contribution in [3.63, 3.8) is 0 Å². The molecule has 0 bridgehead atoms. The number of rotatable bonds is 4. The standard InChI is InChI=1S/C18H24N4O/c1-3-13-10-14(4-5-17(13)23)16-11-21-18(12-20-16)22(2)15-6-8-19-9-7-15/h4-5,10-12,15,19,23H,3,6-9H2,1-2H3. The Hall–Kier alpha value is -2.14. The molecule has 0 amide bonds. The summed E-state index contributed by atoms with van der Waals surface area (Å²) in [5.74, 6) is 1.25. The molecule has 2 N–H and O–H groups in total. The lowest BCUT2D eigenvalue weighted by atomic mass is 10.1. The fourth-order valence-electron chi connectivity index (χ4n) is 3.06. The predicted octanol–water partition coefficient (Wildman–Crippen LogP) is 2.60. The number of hydrogen-bond donors (Lipinski definition) is 2. The van der Waals surface area contributed by atoms with Gasteiger partial charge in [0.1, 0.15) is 11.6 Å². The average molecular weight is 312 g/mol. The number of anilines is 1. The number of nitrogens with zero attached hydrogens (tertiary/aromatic N) is 3. The van der Waals surface area contributed by atoms with Gasteiger partial charge in [0.15, 0.2) is 0 Å². The van der Waals surface area contributed by atoms with Crippen molar-refractivity contribution < 1.29 is 5.11 Å². The molecule has 2 aromatic rings. The summed E-state index contributed by atoms with van der Waals surface area (Å²) in [6.45, 7) is 4.16. The quantitative estimate of drug-likeness (QED) is 0.908. The molecule has 0 radical (unpaired) electrons. The highest BCUT2D eigenvalue weighted by Crippen LogP contribution is 2.26. The number of benzene rings is 1. The molecule has 5 heteroatoms. The van der Waals surface area contributed by atoms with Gasteiger partial charge in [0.05, 0.1) is 18.1 Å². The van der Waals surface area contributed by atoms with E-state index in [2.05, 4.69) is 27.2 Å². The highest BCUT2D eigenvalue weighted by molar-refractivity contribution is 5.62. The lowest BCUT2D eigenvalue weighted by molar-refractivity contribution is 0.441. The maximum atomic E-state index is 9.80. The smallest absolute Gasteiger partial charge is 0.147 e. The predicted molar refractivity (Wildman–Crippen MR) is 92.8 cm³/mol. The second-order valence-electron chi connectivity index (χ2n) is 6.05. The van der Waals surface area contributed by atoms with Gasteiger partial charge >= 0.3 is 0 Å². The maximum Gasteiger partial charge on any atom is 0.147 e. The zero-order valence-corrected chi connectivity index (χ0v) is 13.8. The van der Waals surface area contributed by atoms with Crippen LogP contribution >= 0.6 is 0 Å². The minimum absolute atomic E-state index is 0.339. The van der Waals surface area contributed by atoms with Crippen molar-refractivity contribution in [3.8, 4) is 17.0 Å². The molecule has 23 heavy (non-hydrogen) atoms. The summed E-state index contributed by atoms with van der Waals surface area (Å²) in [7, 11) is 2.09. The summed E-state index contributed by atoms with van der Waals surface area (Å²) in [6.07, 6.45) is 6.73. The van der Waals surface area contributed by atoms with Gasteiger partial charge in [-0.05, 0) is 56.1 Å². The Morgan fingerprint density at radius 1 is 1.22 bits per heavy atom. The molecule has 1 aliphatic heterocycles. The second kappa shape index (κ2) is 6.96. The van der Waals surface area contributed by atoms with E-state index in [-0.39, 0.29) is 0 Å². The van der Waals surface area contributed by atoms with Gasteiger partial charge in [-0.15, -0.1) is 0 Å². The molecule has 1 fully saturated rings. The normalized spacial score (nSPS) is 15.6. The molecule has 1 aliphatic rings. The summed E-state index contributed by atoms with van der Waals surface area (Å²) in [5.41, 5.74) is 2.76. The van der Waals surface area contributed by atoms with Crippen molar-refractivity contribution in [2.24, 2.45) is 0 Å². The zero-order chi connectivity index (χ0) is 16.2. The summed E-state index contributed by atoms with van der Waals surface area (Å²) in [4.78, 5) is 11.4. The third kappa shape index (κ3) is 3.45. The van der Waals surface area contributed by atoms with Gasteiger partial charge in [-0.3, -0.25) is 4.98 Å². The van der Waals surface area contributed by atoms with Crippen LogP contribution in [0.25, 0.3) is 11.3 Å². The molecule has 0 spiro atoms. The summed E-state index contributed by atoms with van der Waals surface area (Å²) in [5, 5.41) is 13.2. The molecule has 0 aliphatic carbocycles. The first-order valence-corrected chi connectivity index (χ1v) is 8.27. The fraction of sp³-hybridized carbons (Fsp3) is 0.444. The van der Waals surface area contributed by atoms with Crippen molar-refractivity contribution in [3.05, 3.63) is 36.2 Å². The van der Waals surface area contributed by atoms with E-state index in [1.165, 1.54) is 0 Å². The van der Waals surface area contributed by atoms with Gasteiger partial charge in [-0.25, -0.2) is 4.98 Å². The number of piperidine rings is 1. The Labute approximate surface area is 137 Å². The van der Waals surface area contributed by atoms with Crippen LogP contribution in [0.4, 0.5) is 5.82 Å². The van der Waals surface area contributed by atoms with E-state index in [9.17, 15) is 5.11 Å². The van der Waals surface area contributed by atoms with Crippen LogP contribution in [0.1, 0.15) is 25.3 Å². The monoisotopic (exact) mass is 312 g/mol. The van der Waals surface area contributed by atoms with Gasteiger partial charge in [0.2, 0.25) is 0 Å². The first-order chi connectivity index (χ1) is 11.2. The summed E-state index contributed by atoms with van der Waals surface area (Å²) >= 11 is 0. The minimum Gasteiger partial charge on any atom is -0.508 e. The molecule has 1 aromatic carbocycles. The Balaban J connectivity index is 1.78. The number of phenols is 1. The van der Waals surface area contributed by atoms with Crippen molar-refractivity contribution in [1.82, 2.24) is 15.3 Å². The maximum absolute atomic E-state index is 9.80. The molecule has 3 rings (SSSR count). The molecular formula is C18H24N4O. The van der Waals surface area contributed by atoms with Crippen LogP contribution in [0, 0.1) is 0 Å².